The summed E-state index contributed by atoms with van der Waals surface area (Å²) >= 11 is 2.05. The molecule has 0 spiro atoms. The van der Waals surface area contributed by atoms with Gasteiger partial charge in [-0.1, -0.05) is 0 Å². The highest BCUT2D eigenvalue weighted by Crippen LogP contribution is 2.24. The van der Waals surface area contributed by atoms with Crippen molar-refractivity contribution in [3.8, 4) is 0 Å². The van der Waals surface area contributed by atoms with Crippen LogP contribution in [0.25, 0.3) is 10.9 Å². The topological polar surface area (TPSA) is 56.1 Å². The Morgan fingerprint density at radius 3 is 2.62 bits per heavy atom. The second-order valence-electron chi connectivity index (χ2n) is 3.43. The molecule has 1 aromatic heterocycles. The van der Waals surface area contributed by atoms with Gasteiger partial charge in [-0.2, -0.15) is 0 Å². The zero-order valence-corrected chi connectivity index (χ0v) is 11.3. The molecule has 1 heterocycles. The zero-order chi connectivity index (χ0) is 11.9. The Hall–Kier alpha value is -0.890. The maximum Gasteiger partial charge on any atom is 0.236 e. The van der Waals surface area contributed by atoms with Gasteiger partial charge in [-0.15, -0.1) is 0 Å². The van der Waals surface area contributed by atoms with Gasteiger partial charge in [0.1, 0.15) is 6.29 Å². The minimum atomic E-state index is -3.30. The molecule has 0 saturated carbocycles. The summed E-state index contributed by atoms with van der Waals surface area (Å²) in [4.78, 5) is 10.6. The molecule has 0 bridgehead atoms. The Kier molecular flexibility index (Phi) is 2.79. The van der Waals surface area contributed by atoms with Crippen molar-refractivity contribution in [2.45, 2.75) is 0 Å². The standard InChI is InChI=1S/C10H8INO3S/c1-16(14,15)12-5-9(11)8-4-7(6-13)2-3-10(8)12/h2-6H,1H3. The lowest BCUT2D eigenvalue weighted by Gasteiger charge is -2.01. The number of fused-ring (bicyclic) bond motifs is 1. The third kappa shape index (κ3) is 1.86. The summed E-state index contributed by atoms with van der Waals surface area (Å²) in [7, 11) is -3.30. The number of hydrogen-bond acceptors (Lipinski definition) is 3. The molecule has 0 unspecified atom stereocenters. The molecule has 0 aliphatic heterocycles. The summed E-state index contributed by atoms with van der Waals surface area (Å²) in [6.45, 7) is 0. The van der Waals surface area contributed by atoms with Crippen molar-refractivity contribution in [1.29, 1.82) is 0 Å². The maximum atomic E-state index is 11.5. The van der Waals surface area contributed by atoms with E-state index < -0.39 is 10.0 Å². The first-order valence-corrected chi connectivity index (χ1v) is 7.32. The summed E-state index contributed by atoms with van der Waals surface area (Å²) in [6.07, 6.45) is 3.44. The van der Waals surface area contributed by atoms with Crippen LogP contribution in [0.2, 0.25) is 0 Å². The maximum absolute atomic E-state index is 11.5. The van der Waals surface area contributed by atoms with E-state index in [0.717, 1.165) is 21.5 Å². The molecule has 2 aromatic rings. The molecule has 0 aliphatic rings. The number of aldehydes is 1. The fourth-order valence-corrected chi connectivity index (χ4v) is 3.24. The summed E-state index contributed by atoms with van der Waals surface area (Å²) in [6, 6.07) is 4.93. The van der Waals surface area contributed by atoms with E-state index in [1.165, 1.54) is 3.97 Å². The fourth-order valence-electron chi connectivity index (χ4n) is 1.53. The van der Waals surface area contributed by atoms with Crippen LogP contribution in [0, 0.1) is 3.57 Å². The van der Waals surface area contributed by atoms with E-state index in [2.05, 4.69) is 22.6 Å². The van der Waals surface area contributed by atoms with Gasteiger partial charge in [-0.25, -0.2) is 12.4 Å². The Morgan fingerprint density at radius 1 is 1.38 bits per heavy atom. The minimum absolute atomic E-state index is 0.539. The molecule has 0 atom stereocenters. The first-order valence-electron chi connectivity index (χ1n) is 4.40. The van der Waals surface area contributed by atoms with E-state index in [-0.39, 0.29) is 0 Å². The SMILES string of the molecule is CS(=O)(=O)n1cc(I)c2cc(C=O)ccc21. The van der Waals surface area contributed by atoms with Gasteiger partial charge < -0.3 is 0 Å². The van der Waals surface area contributed by atoms with Crippen LogP contribution in [0.4, 0.5) is 0 Å². The van der Waals surface area contributed by atoms with E-state index in [1.54, 1.807) is 24.4 Å². The number of nitrogens with zero attached hydrogens (tertiary/aromatic N) is 1. The molecule has 4 nitrogen and oxygen atoms in total. The lowest BCUT2D eigenvalue weighted by Crippen LogP contribution is -2.08. The highest BCUT2D eigenvalue weighted by Gasteiger charge is 2.13. The molecule has 2 rings (SSSR count). The molecule has 0 amide bonds. The smallest absolute Gasteiger partial charge is 0.236 e. The number of carbonyl (C=O) groups is 1. The molecule has 84 valence electrons. The average molecular weight is 349 g/mol. The van der Waals surface area contributed by atoms with Crippen LogP contribution in [0.3, 0.4) is 0 Å². The highest BCUT2D eigenvalue weighted by molar-refractivity contribution is 14.1. The predicted molar refractivity (Wildman–Crippen MR) is 70.3 cm³/mol. The van der Waals surface area contributed by atoms with Crippen LogP contribution < -0.4 is 0 Å². The molecule has 0 radical (unpaired) electrons. The van der Waals surface area contributed by atoms with Crippen molar-refractivity contribution in [2.24, 2.45) is 0 Å². The van der Waals surface area contributed by atoms with Crippen LogP contribution in [0.15, 0.2) is 24.4 Å². The third-order valence-corrected chi connectivity index (χ3v) is 4.12. The second kappa shape index (κ2) is 3.85. The van der Waals surface area contributed by atoms with Crippen LogP contribution >= 0.6 is 22.6 Å². The number of rotatable bonds is 2. The molecule has 0 fully saturated rings. The Morgan fingerprint density at radius 2 is 2.06 bits per heavy atom. The number of aromatic nitrogens is 1. The van der Waals surface area contributed by atoms with Crippen LogP contribution in [-0.4, -0.2) is 24.9 Å². The lowest BCUT2D eigenvalue weighted by molar-refractivity contribution is 0.112. The van der Waals surface area contributed by atoms with E-state index >= 15 is 0 Å². The molecule has 6 heteroatoms. The number of benzene rings is 1. The van der Waals surface area contributed by atoms with Crippen molar-refractivity contribution < 1.29 is 13.2 Å². The van der Waals surface area contributed by atoms with E-state index in [9.17, 15) is 13.2 Å². The Balaban J connectivity index is 2.87. The highest BCUT2D eigenvalue weighted by atomic mass is 127. The molecule has 0 N–H and O–H groups in total. The first kappa shape index (κ1) is 11.6. The summed E-state index contributed by atoms with van der Waals surface area (Å²) < 4.78 is 25.0. The van der Waals surface area contributed by atoms with Crippen molar-refractivity contribution >= 4 is 49.8 Å². The summed E-state index contributed by atoms with van der Waals surface area (Å²) in [5.74, 6) is 0. The largest absolute Gasteiger partial charge is 0.298 e. The van der Waals surface area contributed by atoms with Crippen molar-refractivity contribution in [1.82, 2.24) is 3.97 Å². The second-order valence-corrected chi connectivity index (χ2v) is 6.45. The van der Waals surface area contributed by atoms with Crippen LogP contribution in [-0.2, 0) is 10.0 Å². The normalized spacial score (nSPS) is 11.9. The van der Waals surface area contributed by atoms with E-state index in [1.807, 2.05) is 0 Å². The van der Waals surface area contributed by atoms with Crippen molar-refractivity contribution in [3.05, 3.63) is 33.5 Å². The minimum Gasteiger partial charge on any atom is -0.298 e. The lowest BCUT2D eigenvalue weighted by atomic mass is 10.2. The number of hydrogen-bond donors (Lipinski definition) is 0. The zero-order valence-electron chi connectivity index (χ0n) is 8.34. The molecule has 16 heavy (non-hydrogen) atoms. The first-order chi connectivity index (χ1) is 7.43. The molecule has 0 saturated heterocycles. The molecule has 0 aliphatic carbocycles. The third-order valence-electron chi connectivity index (χ3n) is 2.24. The van der Waals surface area contributed by atoms with E-state index in [0.29, 0.717) is 11.1 Å². The Bertz CT molecular complexity index is 673. The quantitative estimate of drug-likeness (QED) is 0.614. The van der Waals surface area contributed by atoms with Gasteiger partial charge in [-0.3, -0.25) is 4.79 Å². The molecular weight excluding hydrogens is 341 g/mol. The van der Waals surface area contributed by atoms with Gasteiger partial charge in [0.25, 0.3) is 0 Å². The van der Waals surface area contributed by atoms with Gasteiger partial charge in [0.2, 0.25) is 10.0 Å². The van der Waals surface area contributed by atoms with Crippen LogP contribution in [0.1, 0.15) is 10.4 Å². The van der Waals surface area contributed by atoms with Gasteiger partial charge in [-0.05, 0) is 40.8 Å². The number of halogens is 1. The monoisotopic (exact) mass is 349 g/mol. The fraction of sp³-hybridized carbons (Fsp3) is 0.100. The van der Waals surface area contributed by atoms with Gasteiger partial charge >= 0.3 is 0 Å². The van der Waals surface area contributed by atoms with Gasteiger partial charge in [0, 0.05) is 20.7 Å². The predicted octanol–water partition coefficient (Wildman–Crippen LogP) is 1.87. The Labute approximate surface area is 106 Å². The van der Waals surface area contributed by atoms with E-state index in [4.69, 9.17) is 0 Å². The number of carbonyl (C=O) groups excluding carboxylic acids is 1. The molecular formula is C10H8INO3S. The summed E-state index contributed by atoms with van der Waals surface area (Å²) in [5.41, 5.74) is 1.13. The van der Waals surface area contributed by atoms with Gasteiger partial charge in [0.15, 0.2) is 0 Å². The average Bonchev–Trinajstić information content (AvgIpc) is 2.55. The summed E-state index contributed by atoms with van der Waals surface area (Å²) in [5, 5.41) is 0.774. The van der Waals surface area contributed by atoms with Gasteiger partial charge in [0.05, 0.1) is 11.8 Å². The van der Waals surface area contributed by atoms with Crippen LogP contribution in [0.5, 0.6) is 0 Å². The molecule has 1 aromatic carbocycles. The van der Waals surface area contributed by atoms with Crippen molar-refractivity contribution in [2.75, 3.05) is 6.26 Å². The van der Waals surface area contributed by atoms with Crippen molar-refractivity contribution in [3.63, 3.8) is 0 Å².